The van der Waals surface area contributed by atoms with Gasteiger partial charge in [0.05, 0.1) is 5.69 Å². The number of rotatable bonds is 7. The number of aliphatic hydroxyl groups excluding tert-OH is 1. The Balaban J connectivity index is 1.91. The molecule has 21 heavy (non-hydrogen) atoms. The Morgan fingerprint density at radius 2 is 2.19 bits per heavy atom. The van der Waals surface area contributed by atoms with Gasteiger partial charge in [0.15, 0.2) is 0 Å². The molecular formula is C14H18F2N4O. The van der Waals surface area contributed by atoms with Crippen molar-refractivity contribution in [2.24, 2.45) is 0 Å². The first kappa shape index (κ1) is 15.5. The van der Waals surface area contributed by atoms with Crippen LogP contribution in [0.2, 0.25) is 0 Å². The number of halogens is 2. The summed E-state index contributed by atoms with van der Waals surface area (Å²) >= 11 is 0. The van der Waals surface area contributed by atoms with Crippen molar-refractivity contribution < 1.29 is 13.9 Å². The quantitative estimate of drug-likeness (QED) is 0.817. The number of aromatic nitrogens is 3. The van der Waals surface area contributed by atoms with Crippen LogP contribution in [-0.2, 0) is 13.1 Å². The Morgan fingerprint density at radius 1 is 1.38 bits per heavy atom. The van der Waals surface area contributed by atoms with Crippen molar-refractivity contribution in [1.82, 2.24) is 20.3 Å². The lowest BCUT2D eigenvalue weighted by molar-refractivity contribution is 0.276. The summed E-state index contributed by atoms with van der Waals surface area (Å²) in [7, 11) is 0. The second kappa shape index (κ2) is 7.24. The summed E-state index contributed by atoms with van der Waals surface area (Å²) in [6.07, 6.45) is 2.39. The Kier molecular flexibility index (Phi) is 5.35. The maximum absolute atomic E-state index is 13.6. The van der Waals surface area contributed by atoms with Gasteiger partial charge >= 0.3 is 0 Å². The predicted octanol–water partition coefficient (Wildman–Crippen LogP) is 1.79. The van der Waals surface area contributed by atoms with Crippen molar-refractivity contribution in [3.05, 3.63) is 47.3 Å². The van der Waals surface area contributed by atoms with Gasteiger partial charge in [-0.2, -0.15) is 0 Å². The second-order valence-corrected chi connectivity index (χ2v) is 4.82. The van der Waals surface area contributed by atoms with Crippen molar-refractivity contribution in [3.63, 3.8) is 0 Å². The largest absolute Gasteiger partial charge is 0.396 e. The fraction of sp³-hybridized carbons (Fsp3) is 0.429. The van der Waals surface area contributed by atoms with Gasteiger partial charge in [0, 0.05) is 43.6 Å². The van der Waals surface area contributed by atoms with E-state index in [9.17, 15) is 8.78 Å². The van der Waals surface area contributed by atoms with E-state index in [4.69, 9.17) is 5.11 Å². The van der Waals surface area contributed by atoms with E-state index in [2.05, 4.69) is 15.6 Å². The molecule has 1 atom stereocenters. The lowest BCUT2D eigenvalue weighted by atomic mass is 10.1. The fourth-order valence-corrected chi connectivity index (χ4v) is 1.98. The van der Waals surface area contributed by atoms with Crippen molar-refractivity contribution in [2.45, 2.75) is 32.5 Å². The molecule has 2 aromatic rings. The maximum atomic E-state index is 13.6. The number of hydrogen-bond acceptors (Lipinski definition) is 4. The van der Waals surface area contributed by atoms with Crippen molar-refractivity contribution >= 4 is 0 Å². The van der Waals surface area contributed by atoms with Crippen LogP contribution in [0.3, 0.4) is 0 Å². The van der Waals surface area contributed by atoms with Gasteiger partial charge < -0.3 is 10.4 Å². The van der Waals surface area contributed by atoms with E-state index in [1.807, 2.05) is 0 Å². The van der Waals surface area contributed by atoms with Gasteiger partial charge in [0.1, 0.15) is 11.6 Å². The molecule has 0 aliphatic carbocycles. The number of nitrogens with zero attached hydrogens (tertiary/aromatic N) is 3. The van der Waals surface area contributed by atoms with Gasteiger partial charge in [-0.25, -0.2) is 8.78 Å². The second-order valence-electron chi connectivity index (χ2n) is 4.82. The zero-order chi connectivity index (χ0) is 15.2. The molecule has 0 saturated heterocycles. The standard InChI is InChI=1S/C14H18F2N4O/c1-10(13-4-3-11(15)7-14(13)16)17-8-12-9-20(19-18-12)5-2-6-21/h3-4,7,9-10,17,21H,2,5-6,8H2,1H3. The summed E-state index contributed by atoms with van der Waals surface area (Å²) < 4.78 is 28.2. The third-order valence-electron chi connectivity index (χ3n) is 3.15. The van der Waals surface area contributed by atoms with Crippen LogP contribution in [0.5, 0.6) is 0 Å². The molecule has 1 aromatic carbocycles. The van der Waals surface area contributed by atoms with Gasteiger partial charge in [0.2, 0.25) is 0 Å². The Hall–Kier alpha value is -1.86. The predicted molar refractivity (Wildman–Crippen MR) is 73.3 cm³/mol. The molecule has 0 aliphatic rings. The molecular weight excluding hydrogens is 278 g/mol. The minimum absolute atomic E-state index is 0.105. The van der Waals surface area contributed by atoms with E-state index in [0.29, 0.717) is 25.1 Å². The number of aliphatic hydroxyl groups is 1. The van der Waals surface area contributed by atoms with E-state index >= 15 is 0 Å². The first-order valence-electron chi connectivity index (χ1n) is 6.78. The molecule has 1 aromatic heterocycles. The molecule has 0 radical (unpaired) electrons. The first-order valence-corrected chi connectivity index (χ1v) is 6.78. The van der Waals surface area contributed by atoms with Gasteiger partial charge in [-0.1, -0.05) is 11.3 Å². The fourth-order valence-electron chi connectivity index (χ4n) is 1.98. The lowest BCUT2D eigenvalue weighted by Crippen LogP contribution is -2.19. The highest BCUT2D eigenvalue weighted by Crippen LogP contribution is 2.17. The summed E-state index contributed by atoms with van der Waals surface area (Å²) in [4.78, 5) is 0. The van der Waals surface area contributed by atoms with E-state index < -0.39 is 11.6 Å². The first-order chi connectivity index (χ1) is 10.1. The molecule has 5 nitrogen and oxygen atoms in total. The highest BCUT2D eigenvalue weighted by molar-refractivity contribution is 5.21. The Bertz CT molecular complexity index is 588. The highest BCUT2D eigenvalue weighted by Gasteiger charge is 2.12. The van der Waals surface area contributed by atoms with Crippen LogP contribution >= 0.6 is 0 Å². The molecule has 2 rings (SSSR count). The number of aryl methyl sites for hydroxylation is 1. The smallest absolute Gasteiger partial charge is 0.130 e. The van der Waals surface area contributed by atoms with Crippen LogP contribution in [-0.4, -0.2) is 26.7 Å². The molecule has 0 aliphatic heterocycles. The van der Waals surface area contributed by atoms with Crippen LogP contribution < -0.4 is 5.32 Å². The van der Waals surface area contributed by atoms with Crippen molar-refractivity contribution in [2.75, 3.05) is 6.61 Å². The highest BCUT2D eigenvalue weighted by atomic mass is 19.1. The molecule has 114 valence electrons. The van der Waals surface area contributed by atoms with Gasteiger partial charge in [-0.15, -0.1) is 5.10 Å². The molecule has 2 N–H and O–H groups in total. The van der Waals surface area contributed by atoms with Crippen LogP contribution in [0.15, 0.2) is 24.4 Å². The average Bonchev–Trinajstić information content (AvgIpc) is 2.90. The summed E-state index contributed by atoms with van der Waals surface area (Å²) in [6, 6.07) is 3.27. The Morgan fingerprint density at radius 3 is 2.90 bits per heavy atom. The monoisotopic (exact) mass is 296 g/mol. The summed E-state index contributed by atoms with van der Waals surface area (Å²) in [5.41, 5.74) is 1.13. The van der Waals surface area contributed by atoms with Gasteiger partial charge in [-0.3, -0.25) is 4.68 Å². The molecule has 0 spiro atoms. The van der Waals surface area contributed by atoms with E-state index in [0.717, 1.165) is 11.8 Å². The summed E-state index contributed by atoms with van der Waals surface area (Å²) in [5, 5.41) is 19.8. The summed E-state index contributed by atoms with van der Waals surface area (Å²) in [6.45, 7) is 2.93. The number of benzene rings is 1. The minimum Gasteiger partial charge on any atom is -0.396 e. The molecule has 7 heteroatoms. The third kappa shape index (κ3) is 4.30. The lowest BCUT2D eigenvalue weighted by Gasteiger charge is -2.14. The minimum atomic E-state index is -0.588. The van der Waals surface area contributed by atoms with Crippen LogP contribution in [0.4, 0.5) is 8.78 Å². The van der Waals surface area contributed by atoms with Gasteiger partial charge in [-0.05, 0) is 19.4 Å². The van der Waals surface area contributed by atoms with E-state index in [1.54, 1.807) is 17.8 Å². The third-order valence-corrected chi connectivity index (χ3v) is 3.15. The van der Waals surface area contributed by atoms with Crippen LogP contribution in [0.25, 0.3) is 0 Å². The maximum Gasteiger partial charge on any atom is 0.130 e. The normalized spacial score (nSPS) is 12.6. The van der Waals surface area contributed by atoms with E-state index in [1.165, 1.54) is 12.1 Å². The van der Waals surface area contributed by atoms with Crippen molar-refractivity contribution in [1.29, 1.82) is 0 Å². The van der Waals surface area contributed by atoms with E-state index in [-0.39, 0.29) is 12.6 Å². The van der Waals surface area contributed by atoms with Crippen molar-refractivity contribution in [3.8, 4) is 0 Å². The van der Waals surface area contributed by atoms with Gasteiger partial charge in [0.25, 0.3) is 0 Å². The molecule has 1 unspecified atom stereocenters. The average molecular weight is 296 g/mol. The zero-order valence-electron chi connectivity index (χ0n) is 11.8. The van der Waals surface area contributed by atoms with Crippen LogP contribution in [0.1, 0.15) is 30.6 Å². The SMILES string of the molecule is CC(NCc1cn(CCCO)nn1)c1ccc(F)cc1F. The zero-order valence-corrected chi connectivity index (χ0v) is 11.8. The number of nitrogens with one attached hydrogen (secondary N) is 1. The summed E-state index contributed by atoms with van der Waals surface area (Å²) in [5.74, 6) is -1.16. The topological polar surface area (TPSA) is 63.0 Å². The molecule has 0 saturated carbocycles. The molecule has 1 heterocycles. The number of hydrogen-bond donors (Lipinski definition) is 2. The molecule has 0 fully saturated rings. The van der Waals surface area contributed by atoms with Crippen LogP contribution in [0, 0.1) is 11.6 Å². The Labute approximate surface area is 121 Å². The molecule has 0 bridgehead atoms. The molecule has 0 amide bonds.